The second kappa shape index (κ2) is 11.2. The van der Waals surface area contributed by atoms with Crippen molar-refractivity contribution >= 4 is 55.0 Å². The molecule has 0 amide bonds. The lowest BCUT2D eigenvalue weighted by molar-refractivity contribution is 0.454. The minimum absolute atomic E-state index is 0.0637. The highest BCUT2D eigenvalue weighted by Crippen LogP contribution is 2.50. The van der Waals surface area contributed by atoms with Gasteiger partial charge in [0.25, 0.3) is 0 Å². The highest BCUT2D eigenvalue weighted by molar-refractivity contribution is 6.20. The van der Waals surface area contributed by atoms with Crippen LogP contribution in [-0.4, -0.2) is 0 Å². The highest BCUT2D eigenvalue weighted by atomic mass is 15.3. The maximum Gasteiger partial charge on any atom is 0.130 e. The van der Waals surface area contributed by atoms with Crippen LogP contribution in [-0.2, 0) is 0 Å². The van der Waals surface area contributed by atoms with E-state index in [4.69, 9.17) is 0 Å². The summed E-state index contributed by atoms with van der Waals surface area (Å²) in [6.07, 6.45) is 16.2. The molecular weight excluding hydrogens is 605 g/mol. The molecule has 2 heteroatoms. The summed E-state index contributed by atoms with van der Waals surface area (Å²) in [6.45, 7) is 2.36. The number of nitrogens with zero attached hydrogens (tertiary/aromatic N) is 1. The van der Waals surface area contributed by atoms with Crippen molar-refractivity contribution in [3.8, 4) is 11.1 Å². The molecule has 0 bridgehead atoms. The van der Waals surface area contributed by atoms with E-state index in [9.17, 15) is 0 Å². The summed E-state index contributed by atoms with van der Waals surface area (Å²) in [5.41, 5.74) is 9.74. The van der Waals surface area contributed by atoms with Gasteiger partial charge in [-0.3, -0.25) is 0 Å². The average Bonchev–Trinajstić information content (AvgIpc) is 3.56. The number of para-hydroxylation sites is 3. The molecule has 0 spiro atoms. The van der Waals surface area contributed by atoms with E-state index in [0.29, 0.717) is 5.92 Å². The molecule has 7 aromatic carbocycles. The first-order valence-corrected chi connectivity index (χ1v) is 17.6. The molecule has 7 aromatic rings. The van der Waals surface area contributed by atoms with Crippen LogP contribution in [0.2, 0.25) is 0 Å². The van der Waals surface area contributed by atoms with Crippen LogP contribution >= 0.6 is 0 Å². The SMILES string of the molecule is CC12C=CC=CC1C=CC(c1c3ccccc3c(-c3ccc4ccccc4c3)c3cc(C4Nc5ccccc5N4c4ccccc4)ccc13)=C2. The van der Waals surface area contributed by atoms with Gasteiger partial charge < -0.3 is 10.2 Å². The van der Waals surface area contributed by atoms with Gasteiger partial charge in [-0.2, -0.15) is 0 Å². The van der Waals surface area contributed by atoms with E-state index in [2.05, 4.69) is 199 Å². The van der Waals surface area contributed by atoms with E-state index < -0.39 is 0 Å². The Morgan fingerprint density at radius 3 is 2.22 bits per heavy atom. The van der Waals surface area contributed by atoms with Crippen molar-refractivity contribution in [2.45, 2.75) is 13.1 Å². The smallest absolute Gasteiger partial charge is 0.130 e. The fourth-order valence-corrected chi connectivity index (χ4v) is 8.53. The molecule has 3 aliphatic rings. The number of anilines is 3. The maximum atomic E-state index is 3.89. The lowest BCUT2D eigenvalue weighted by Gasteiger charge is -2.34. The Morgan fingerprint density at radius 2 is 1.34 bits per heavy atom. The third-order valence-corrected chi connectivity index (χ3v) is 11.0. The molecule has 1 N–H and O–H groups in total. The van der Waals surface area contributed by atoms with Crippen molar-refractivity contribution in [1.82, 2.24) is 0 Å². The van der Waals surface area contributed by atoms with Crippen LogP contribution in [0.5, 0.6) is 0 Å². The van der Waals surface area contributed by atoms with Crippen molar-refractivity contribution in [2.75, 3.05) is 10.2 Å². The summed E-state index contributed by atoms with van der Waals surface area (Å²) in [5.74, 6) is 0.358. The lowest BCUT2D eigenvalue weighted by atomic mass is 9.69. The normalized spacial score (nSPS) is 20.6. The zero-order valence-corrected chi connectivity index (χ0v) is 27.9. The van der Waals surface area contributed by atoms with Gasteiger partial charge in [-0.15, -0.1) is 0 Å². The number of hydrogen-bond donors (Lipinski definition) is 1. The zero-order valence-electron chi connectivity index (χ0n) is 27.9. The Morgan fingerprint density at radius 1 is 0.600 bits per heavy atom. The van der Waals surface area contributed by atoms with Gasteiger partial charge in [0.15, 0.2) is 0 Å². The van der Waals surface area contributed by atoms with Gasteiger partial charge in [0.05, 0.1) is 11.4 Å². The van der Waals surface area contributed by atoms with Gasteiger partial charge in [-0.25, -0.2) is 0 Å². The predicted octanol–water partition coefficient (Wildman–Crippen LogP) is 12.8. The summed E-state index contributed by atoms with van der Waals surface area (Å²) in [7, 11) is 0. The first-order chi connectivity index (χ1) is 24.6. The molecule has 3 atom stereocenters. The molecule has 50 heavy (non-hydrogen) atoms. The van der Waals surface area contributed by atoms with Gasteiger partial charge in [-0.1, -0.05) is 153 Å². The van der Waals surface area contributed by atoms with E-state index >= 15 is 0 Å². The summed E-state index contributed by atoms with van der Waals surface area (Å²) in [6, 6.07) is 51.2. The van der Waals surface area contributed by atoms with Crippen LogP contribution in [0.15, 0.2) is 182 Å². The van der Waals surface area contributed by atoms with Gasteiger partial charge in [0.2, 0.25) is 0 Å². The number of allylic oxidation sites excluding steroid dienone is 8. The first-order valence-electron chi connectivity index (χ1n) is 17.6. The van der Waals surface area contributed by atoms with Crippen LogP contribution in [0.4, 0.5) is 17.1 Å². The summed E-state index contributed by atoms with van der Waals surface area (Å²) in [5, 5.41) is 11.5. The molecule has 0 saturated carbocycles. The number of fused-ring (bicyclic) bond motifs is 5. The van der Waals surface area contributed by atoms with E-state index in [1.54, 1.807) is 0 Å². The number of nitrogens with one attached hydrogen (secondary N) is 1. The molecule has 238 valence electrons. The third kappa shape index (κ3) is 4.49. The average molecular weight is 641 g/mol. The Bertz CT molecular complexity index is 2610. The van der Waals surface area contributed by atoms with Crippen molar-refractivity contribution < 1.29 is 0 Å². The second-order valence-corrected chi connectivity index (χ2v) is 14.0. The molecule has 2 aliphatic carbocycles. The largest absolute Gasteiger partial charge is 0.359 e. The van der Waals surface area contributed by atoms with Crippen LogP contribution in [0.3, 0.4) is 0 Å². The van der Waals surface area contributed by atoms with Gasteiger partial charge in [0.1, 0.15) is 6.17 Å². The predicted molar refractivity (Wildman–Crippen MR) is 213 cm³/mol. The van der Waals surface area contributed by atoms with Crippen LogP contribution < -0.4 is 10.2 Å². The topological polar surface area (TPSA) is 15.3 Å². The number of rotatable bonds is 4. The molecule has 1 aliphatic heterocycles. The standard InChI is InChI=1S/C48H36N2/c1-48-28-12-11-15-37(48)26-24-36(31-48)46-40-19-8-7-18-39(40)45(34-23-22-32-13-5-6-14-33(32)29-34)42-30-35(25-27-41(42)46)47-49-43-20-9-10-21-44(43)50(47)38-16-3-2-4-17-38/h2-31,37,47,49H,1H3. The Hall–Kier alpha value is -6.12. The highest BCUT2D eigenvalue weighted by Gasteiger charge is 2.33. The summed E-state index contributed by atoms with van der Waals surface area (Å²) < 4.78 is 0. The molecule has 2 nitrogen and oxygen atoms in total. The van der Waals surface area contributed by atoms with Gasteiger partial charge in [0, 0.05) is 17.0 Å². The first kappa shape index (κ1) is 28.9. The molecule has 1 heterocycles. The zero-order chi connectivity index (χ0) is 33.2. The Kier molecular flexibility index (Phi) is 6.47. The molecular formula is C48H36N2. The van der Waals surface area contributed by atoms with E-state index in [1.807, 2.05) is 0 Å². The van der Waals surface area contributed by atoms with Crippen molar-refractivity contribution in [1.29, 1.82) is 0 Å². The van der Waals surface area contributed by atoms with Gasteiger partial charge >= 0.3 is 0 Å². The van der Waals surface area contributed by atoms with Crippen LogP contribution in [0.1, 0.15) is 24.2 Å². The summed E-state index contributed by atoms with van der Waals surface area (Å²) >= 11 is 0. The van der Waals surface area contributed by atoms with E-state index in [1.165, 1.54) is 71.5 Å². The molecule has 10 rings (SSSR count). The van der Waals surface area contributed by atoms with E-state index in [0.717, 1.165) is 5.69 Å². The monoisotopic (exact) mass is 640 g/mol. The molecule has 0 fully saturated rings. The number of benzene rings is 7. The van der Waals surface area contributed by atoms with Crippen molar-refractivity contribution in [3.63, 3.8) is 0 Å². The van der Waals surface area contributed by atoms with Crippen LogP contribution in [0, 0.1) is 11.3 Å². The molecule has 3 unspecified atom stereocenters. The number of hydrogen-bond acceptors (Lipinski definition) is 2. The molecule has 0 aromatic heterocycles. The lowest BCUT2D eigenvalue weighted by Crippen LogP contribution is -2.24. The minimum Gasteiger partial charge on any atom is -0.359 e. The molecule has 0 saturated heterocycles. The summed E-state index contributed by atoms with van der Waals surface area (Å²) in [4.78, 5) is 2.43. The van der Waals surface area contributed by atoms with Gasteiger partial charge in [-0.05, 0) is 96.5 Å². The second-order valence-electron chi connectivity index (χ2n) is 14.0. The molecule has 0 radical (unpaired) electrons. The minimum atomic E-state index is -0.0705. The fourth-order valence-electron chi connectivity index (χ4n) is 8.53. The van der Waals surface area contributed by atoms with Crippen LogP contribution in [0.25, 0.3) is 49.0 Å². The van der Waals surface area contributed by atoms with E-state index in [-0.39, 0.29) is 11.6 Å². The fraction of sp³-hybridized carbons (Fsp3) is 0.0833. The Labute approximate surface area is 293 Å². The van der Waals surface area contributed by atoms with Crippen molar-refractivity contribution in [3.05, 3.63) is 193 Å². The maximum absolute atomic E-state index is 3.89. The Balaban J connectivity index is 1.26. The third-order valence-electron chi connectivity index (χ3n) is 11.0. The quantitative estimate of drug-likeness (QED) is 0.193. The van der Waals surface area contributed by atoms with Crippen molar-refractivity contribution in [2.24, 2.45) is 11.3 Å².